The molecule has 0 aliphatic heterocycles. The minimum Gasteiger partial charge on any atom is -0.381 e. The van der Waals surface area contributed by atoms with Crippen molar-refractivity contribution in [3.05, 3.63) is 0 Å². The quantitative estimate of drug-likeness (QED) is 0.576. The molecule has 0 aromatic heterocycles. The molecule has 1 aliphatic carbocycles. The minimum atomic E-state index is 0.181. The van der Waals surface area contributed by atoms with Crippen LogP contribution in [0.4, 0.5) is 0 Å². The molecule has 1 unspecified atom stereocenters. The summed E-state index contributed by atoms with van der Waals surface area (Å²) in [7, 11) is 0. The molecule has 84 valence electrons. The molecular formula is C11H23NO2. The Kier molecular flexibility index (Phi) is 6.15. The Hall–Kier alpha value is -0.120. The monoisotopic (exact) mass is 201 g/mol. The molecule has 3 nitrogen and oxygen atoms in total. The maximum Gasteiger partial charge on any atom is 0.0719 e. The molecule has 14 heavy (non-hydrogen) atoms. The third-order valence-corrected chi connectivity index (χ3v) is 2.62. The van der Waals surface area contributed by atoms with Crippen molar-refractivity contribution >= 4 is 0 Å². The van der Waals surface area contributed by atoms with Crippen molar-refractivity contribution in [3.63, 3.8) is 0 Å². The molecule has 3 heteroatoms. The van der Waals surface area contributed by atoms with Crippen LogP contribution in [-0.2, 0) is 9.47 Å². The van der Waals surface area contributed by atoms with E-state index >= 15 is 0 Å². The lowest BCUT2D eigenvalue weighted by atomic mass is 10.2. The van der Waals surface area contributed by atoms with E-state index in [1.807, 2.05) is 6.92 Å². The van der Waals surface area contributed by atoms with Crippen LogP contribution in [0.25, 0.3) is 0 Å². The fourth-order valence-corrected chi connectivity index (χ4v) is 1.48. The van der Waals surface area contributed by atoms with E-state index in [-0.39, 0.29) is 6.10 Å². The molecule has 1 aliphatic rings. The topological polar surface area (TPSA) is 44.5 Å². The van der Waals surface area contributed by atoms with Crippen LogP contribution in [0.5, 0.6) is 0 Å². The van der Waals surface area contributed by atoms with Crippen LogP contribution < -0.4 is 5.73 Å². The fraction of sp³-hybridized carbons (Fsp3) is 1.00. The molecule has 0 amide bonds. The van der Waals surface area contributed by atoms with Crippen molar-refractivity contribution in [2.45, 2.75) is 38.7 Å². The van der Waals surface area contributed by atoms with E-state index < -0.39 is 0 Å². The van der Waals surface area contributed by atoms with E-state index in [0.717, 1.165) is 32.2 Å². The Bertz CT molecular complexity index is 137. The van der Waals surface area contributed by atoms with Crippen molar-refractivity contribution in [3.8, 4) is 0 Å². The van der Waals surface area contributed by atoms with Gasteiger partial charge in [0.05, 0.1) is 6.10 Å². The first-order chi connectivity index (χ1) is 6.86. The summed E-state index contributed by atoms with van der Waals surface area (Å²) in [6, 6.07) is 0. The molecule has 0 saturated heterocycles. The zero-order valence-electron chi connectivity index (χ0n) is 9.21. The van der Waals surface area contributed by atoms with Gasteiger partial charge < -0.3 is 15.2 Å². The van der Waals surface area contributed by atoms with E-state index in [4.69, 9.17) is 15.2 Å². The first-order valence-electron chi connectivity index (χ1n) is 5.76. The van der Waals surface area contributed by atoms with Gasteiger partial charge in [0.25, 0.3) is 0 Å². The van der Waals surface area contributed by atoms with E-state index in [1.165, 1.54) is 19.3 Å². The fourth-order valence-electron chi connectivity index (χ4n) is 1.48. The van der Waals surface area contributed by atoms with Crippen LogP contribution in [0, 0.1) is 5.92 Å². The summed E-state index contributed by atoms with van der Waals surface area (Å²) in [6.07, 6.45) is 5.17. The third-order valence-electron chi connectivity index (χ3n) is 2.62. The van der Waals surface area contributed by atoms with Gasteiger partial charge in [0.2, 0.25) is 0 Å². The van der Waals surface area contributed by atoms with Gasteiger partial charge in [0.1, 0.15) is 0 Å². The molecular weight excluding hydrogens is 178 g/mol. The summed E-state index contributed by atoms with van der Waals surface area (Å²) in [5.74, 6) is 0.965. The Labute approximate surface area is 86.9 Å². The lowest BCUT2D eigenvalue weighted by Gasteiger charge is -2.14. The SMILES string of the molecule is CCOC(CN)CCOCCC1CC1. The summed E-state index contributed by atoms with van der Waals surface area (Å²) in [4.78, 5) is 0. The van der Waals surface area contributed by atoms with Gasteiger partial charge in [-0.2, -0.15) is 0 Å². The van der Waals surface area contributed by atoms with Gasteiger partial charge in [0, 0.05) is 26.4 Å². The first kappa shape index (κ1) is 12.0. The number of rotatable bonds is 9. The minimum absolute atomic E-state index is 0.181. The molecule has 2 N–H and O–H groups in total. The molecule has 1 fully saturated rings. The highest BCUT2D eigenvalue weighted by atomic mass is 16.5. The molecule has 0 aromatic carbocycles. The predicted octanol–water partition coefficient (Wildman–Crippen LogP) is 1.56. The zero-order chi connectivity index (χ0) is 10.2. The number of hydrogen-bond acceptors (Lipinski definition) is 3. The van der Waals surface area contributed by atoms with Crippen LogP contribution in [-0.4, -0.2) is 32.5 Å². The van der Waals surface area contributed by atoms with Gasteiger partial charge in [-0.05, 0) is 25.7 Å². The summed E-state index contributed by atoms with van der Waals surface area (Å²) < 4.78 is 11.0. The number of hydrogen-bond donors (Lipinski definition) is 1. The van der Waals surface area contributed by atoms with Crippen molar-refractivity contribution in [1.82, 2.24) is 0 Å². The average molecular weight is 201 g/mol. The van der Waals surface area contributed by atoms with Crippen molar-refractivity contribution in [2.24, 2.45) is 11.7 Å². The van der Waals surface area contributed by atoms with E-state index in [0.29, 0.717) is 6.54 Å². The zero-order valence-corrected chi connectivity index (χ0v) is 9.21. The van der Waals surface area contributed by atoms with Crippen LogP contribution in [0.3, 0.4) is 0 Å². The maximum absolute atomic E-state index is 5.55. The van der Waals surface area contributed by atoms with Gasteiger partial charge in [-0.3, -0.25) is 0 Å². The molecule has 0 spiro atoms. The smallest absolute Gasteiger partial charge is 0.0719 e. The maximum atomic E-state index is 5.55. The van der Waals surface area contributed by atoms with E-state index in [2.05, 4.69) is 0 Å². The van der Waals surface area contributed by atoms with Crippen LogP contribution in [0.15, 0.2) is 0 Å². The Morgan fingerprint density at radius 2 is 2.14 bits per heavy atom. The van der Waals surface area contributed by atoms with E-state index in [9.17, 15) is 0 Å². The normalized spacial score (nSPS) is 18.4. The molecule has 0 heterocycles. The van der Waals surface area contributed by atoms with Crippen molar-refractivity contribution in [2.75, 3.05) is 26.4 Å². The lowest BCUT2D eigenvalue weighted by Crippen LogP contribution is -2.25. The predicted molar refractivity (Wildman–Crippen MR) is 57.2 cm³/mol. The molecule has 1 atom stereocenters. The van der Waals surface area contributed by atoms with Gasteiger partial charge in [-0.15, -0.1) is 0 Å². The van der Waals surface area contributed by atoms with Gasteiger partial charge in [0.15, 0.2) is 0 Å². The lowest BCUT2D eigenvalue weighted by molar-refractivity contribution is 0.0316. The van der Waals surface area contributed by atoms with Crippen molar-refractivity contribution in [1.29, 1.82) is 0 Å². The van der Waals surface area contributed by atoms with Crippen molar-refractivity contribution < 1.29 is 9.47 Å². The Balaban J connectivity index is 1.84. The summed E-state index contributed by atoms with van der Waals surface area (Å²) in [5.41, 5.74) is 5.55. The second-order valence-electron chi connectivity index (χ2n) is 3.95. The Morgan fingerprint density at radius 3 is 2.71 bits per heavy atom. The Morgan fingerprint density at radius 1 is 1.36 bits per heavy atom. The standard InChI is InChI=1S/C11H23NO2/c1-2-14-11(9-12)6-8-13-7-5-10-3-4-10/h10-11H,2-9,12H2,1H3. The molecule has 1 rings (SSSR count). The second-order valence-corrected chi connectivity index (χ2v) is 3.95. The highest BCUT2D eigenvalue weighted by Gasteiger charge is 2.20. The third kappa shape index (κ3) is 5.58. The molecule has 0 radical (unpaired) electrons. The van der Waals surface area contributed by atoms with Gasteiger partial charge >= 0.3 is 0 Å². The summed E-state index contributed by atoms with van der Waals surface area (Å²) in [6.45, 7) is 5.03. The van der Waals surface area contributed by atoms with Crippen LogP contribution >= 0.6 is 0 Å². The number of nitrogens with two attached hydrogens (primary N) is 1. The van der Waals surface area contributed by atoms with Gasteiger partial charge in [-0.25, -0.2) is 0 Å². The first-order valence-corrected chi connectivity index (χ1v) is 5.76. The molecule has 0 aromatic rings. The van der Waals surface area contributed by atoms with Crippen LogP contribution in [0.2, 0.25) is 0 Å². The largest absolute Gasteiger partial charge is 0.381 e. The van der Waals surface area contributed by atoms with Gasteiger partial charge in [-0.1, -0.05) is 12.8 Å². The highest BCUT2D eigenvalue weighted by Crippen LogP contribution is 2.32. The second kappa shape index (κ2) is 7.21. The number of ether oxygens (including phenoxy) is 2. The molecule has 0 bridgehead atoms. The highest BCUT2D eigenvalue weighted by molar-refractivity contribution is 4.72. The van der Waals surface area contributed by atoms with E-state index in [1.54, 1.807) is 0 Å². The molecule has 1 saturated carbocycles. The summed E-state index contributed by atoms with van der Waals surface area (Å²) >= 11 is 0. The average Bonchev–Trinajstić information content (AvgIpc) is 2.99. The van der Waals surface area contributed by atoms with Crippen LogP contribution in [0.1, 0.15) is 32.6 Å². The summed E-state index contributed by atoms with van der Waals surface area (Å²) in [5, 5.41) is 0.